The van der Waals surface area contributed by atoms with Crippen molar-refractivity contribution < 1.29 is 9.47 Å². The Morgan fingerprint density at radius 1 is 1.47 bits per heavy atom. The Kier molecular flexibility index (Phi) is 6.07. The summed E-state index contributed by atoms with van der Waals surface area (Å²) < 4.78 is 15.0. The minimum Gasteiger partial charge on any atom is -0.484 e. The lowest BCUT2D eigenvalue weighted by Crippen LogP contribution is -2.10. The first kappa shape index (κ1) is 14.1. The van der Waals surface area contributed by atoms with Crippen LogP contribution in [0.1, 0.15) is 27.2 Å². The van der Waals surface area contributed by atoms with Crippen molar-refractivity contribution in [3.05, 3.63) is 0 Å². The Morgan fingerprint density at radius 2 is 2.24 bits per heavy atom. The van der Waals surface area contributed by atoms with Crippen LogP contribution in [-0.4, -0.2) is 30.2 Å². The van der Waals surface area contributed by atoms with Crippen molar-refractivity contribution in [2.75, 3.05) is 30.8 Å². The van der Waals surface area contributed by atoms with Gasteiger partial charge in [-0.25, -0.2) is 0 Å². The predicted molar refractivity (Wildman–Crippen MR) is 71.9 cm³/mol. The first-order valence-electron chi connectivity index (χ1n) is 5.88. The maximum absolute atomic E-state index is 5.75. The van der Waals surface area contributed by atoms with Gasteiger partial charge in [0.05, 0.1) is 6.10 Å². The zero-order chi connectivity index (χ0) is 12.7. The fourth-order valence-electron chi connectivity index (χ4n) is 1.28. The molecule has 0 unspecified atom stereocenters. The summed E-state index contributed by atoms with van der Waals surface area (Å²) in [5, 5.41) is 4.17. The average Bonchev–Trinajstić information content (AvgIpc) is 2.60. The molecule has 0 fully saturated rings. The van der Waals surface area contributed by atoms with E-state index in [1.165, 1.54) is 11.5 Å². The van der Waals surface area contributed by atoms with E-state index in [4.69, 9.17) is 15.2 Å². The molecule has 17 heavy (non-hydrogen) atoms. The largest absolute Gasteiger partial charge is 0.484 e. The molecule has 0 spiro atoms. The van der Waals surface area contributed by atoms with Crippen molar-refractivity contribution in [1.82, 2.24) is 4.37 Å². The number of nitrogens with zero attached hydrogens (tertiary/aromatic N) is 1. The maximum atomic E-state index is 5.75. The van der Waals surface area contributed by atoms with Crippen molar-refractivity contribution in [1.29, 1.82) is 0 Å². The fourth-order valence-corrected chi connectivity index (χ4v) is 1.95. The molecule has 0 radical (unpaired) electrons. The zero-order valence-electron chi connectivity index (χ0n) is 10.7. The lowest BCUT2D eigenvalue weighted by Gasteiger charge is -2.11. The monoisotopic (exact) mass is 259 g/mol. The summed E-state index contributed by atoms with van der Waals surface area (Å²) >= 11 is 1.33. The molecule has 1 aromatic heterocycles. The summed E-state index contributed by atoms with van der Waals surface area (Å²) in [4.78, 5) is 0. The molecule has 0 saturated heterocycles. The molecule has 1 aromatic rings. The molecule has 1 rings (SSSR count). The van der Waals surface area contributed by atoms with E-state index in [1.54, 1.807) is 0 Å². The van der Waals surface area contributed by atoms with Gasteiger partial charge in [-0.05, 0) is 38.7 Å². The van der Waals surface area contributed by atoms with Crippen LogP contribution in [0.2, 0.25) is 0 Å². The Hall–Kier alpha value is -1.01. The third-order valence-electron chi connectivity index (χ3n) is 1.98. The van der Waals surface area contributed by atoms with Crippen molar-refractivity contribution in [3.8, 4) is 5.75 Å². The third-order valence-corrected chi connectivity index (χ3v) is 2.78. The van der Waals surface area contributed by atoms with Crippen molar-refractivity contribution in [3.63, 3.8) is 0 Å². The van der Waals surface area contributed by atoms with Crippen LogP contribution < -0.4 is 15.8 Å². The topological polar surface area (TPSA) is 69.4 Å². The summed E-state index contributed by atoms with van der Waals surface area (Å²) in [6.07, 6.45) is 1.05. The van der Waals surface area contributed by atoms with E-state index in [1.807, 2.05) is 20.8 Å². The highest BCUT2D eigenvalue weighted by Crippen LogP contribution is 2.35. The Morgan fingerprint density at radius 3 is 2.88 bits per heavy atom. The predicted octanol–water partition coefficient (Wildman–Crippen LogP) is 2.35. The zero-order valence-corrected chi connectivity index (χ0v) is 11.5. The van der Waals surface area contributed by atoms with Crippen molar-refractivity contribution in [2.45, 2.75) is 33.3 Å². The number of aromatic nitrogens is 1. The maximum Gasteiger partial charge on any atom is 0.197 e. The van der Waals surface area contributed by atoms with Gasteiger partial charge < -0.3 is 20.5 Å². The van der Waals surface area contributed by atoms with E-state index in [9.17, 15) is 0 Å². The SMILES string of the molecule is CCOCCCNc1snc(N)c1OC(C)C. The second kappa shape index (κ2) is 7.34. The van der Waals surface area contributed by atoms with Gasteiger partial charge >= 0.3 is 0 Å². The highest BCUT2D eigenvalue weighted by Gasteiger charge is 2.13. The molecule has 0 aromatic carbocycles. The highest BCUT2D eigenvalue weighted by atomic mass is 32.1. The van der Waals surface area contributed by atoms with Crippen molar-refractivity contribution in [2.24, 2.45) is 0 Å². The number of nitrogens with one attached hydrogen (secondary N) is 1. The van der Waals surface area contributed by atoms with Crippen LogP contribution in [0, 0.1) is 0 Å². The molecule has 0 aliphatic heterocycles. The molecule has 98 valence electrons. The van der Waals surface area contributed by atoms with Crippen LogP contribution in [-0.2, 0) is 4.74 Å². The molecular formula is C11H21N3O2S. The smallest absolute Gasteiger partial charge is 0.197 e. The van der Waals surface area contributed by atoms with Gasteiger partial charge in [0, 0.05) is 19.8 Å². The van der Waals surface area contributed by atoms with Crippen LogP contribution in [0.25, 0.3) is 0 Å². The second-order valence-electron chi connectivity index (χ2n) is 3.87. The Balaban J connectivity index is 2.42. The number of anilines is 2. The highest BCUT2D eigenvalue weighted by molar-refractivity contribution is 7.11. The Labute approximate surface area is 106 Å². The van der Waals surface area contributed by atoms with Crippen LogP contribution in [0.15, 0.2) is 0 Å². The van der Waals surface area contributed by atoms with Crippen LogP contribution in [0.3, 0.4) is 0 Å². The van der Waals surface area contributed by atoms with Gasteiger partial charge in [-0.3, -0.25) is 0 Å². The summed E-state index contributed by atoms with van der Waals surface area (Å²) in [5.41, 5.74) is 5.75. The van der Waals surface area contributed by atoms with Gasteiger partial charge in [0.15, 0.2) is 16.6 Å². The number of hydrogen-bond acceptors (Lipinski definition) is 6. The number of nitrogens with two attached hydrogens (primary N) is 1. The lowest BCUT2D eigenvalue weighted by atomic mass is 10.4. The molecule has 3 N–H and O–H groups in total. The van der Waals surface area contributed by atoms with E-state index in [0.717, 1.165) is 31.2 Å². The van der Waals surface area contributed by atoms with Gasteiger partial charge in [-0.15, -0.1) is 0 Å². The van der Waals surface area contributed by atoms with E-state index < -0.39 is 0 Å². The molecule has 0 atom stereocenters. The number of hydrogen-bond donors (Lipinski definition) is 2. The van der Waals surface area contributed by atoms with Gasteiger partial charge in [0.2, 0.25) is 0 Å². The van der Waals surface area contributed by atoms with Crippen LogP contribution in [0.5, 0.6) is 5.75 Å². The molecular weight excluding hydrogens is 238 g/mol. The Bertz CT molecular complexity index is 329. The third kappa shape index (κ3) is 4.79. The minimum atomic E-state index is 0.0951. The van der Waals surface area contributed by atoms with Crippen LogP contribution >= 0.6 is 11.5 Å². The quantitative estimate of drug-likeness (QED) is 0.701. The first-order chi connectivity index (χ1) is 8.15. The number of rotatable bonds is 8. The van der Waals surface area contributed by atoms with Crippen molar-refractivity contribution >= 4 is 22.4 Å². The standard InChI is InChI=1S/C11H21N3O2S/c1-4-15-7-5-6-13-11-9(16-8(2)3)10(12)14-17-11/h8,13H,4-7H2,1-3H3,(H2,12,14). The summed E-state index contributed by atoms with van der Waals surface area (Å²) in [7, 11) is 0. The normalized spacial score (nSPS) is 10.8. The first-order valence-corrected chi connectivity index (χ1v) is 6.65. The van der Waals surface area contributed by atoms with Crippen LogP contribution in [0.4, 0.5) is 10.8 Å². The second-order valence-corrected chi connectivity index (χ2v) is 4.64. The average molecular weight is 259 g/mol. The number of nitrogen functional groups attached to an aromatic ring is 1. The molecule has 5 nitrogen and oxygen atoms in total. The fraction of sp³-hybridized carbons (Fsp3) is 0.727. The molecule has 1 heterocycles. The summed E-state index contributed by atoms with van der Waals surface area (Å²) in [5.74, 6) is 1.12. The van der Waals surface area contributed by atoms with E-state index in [2.05, 4.69) is 9.69 Å². The van der Waals surface area contributed by atoms with E-state index in [-0.39, 0.29) is 6.10 Å². The molecule has 0 saturated carbocycles. The molecule has 0 aliphatic carbocycles. The lowest BCUT2D eigenvalue weighted by molar-refractivity contribution is 0.147. The van der Waals surface area contributed by atoms with E-state index in [0.29, 0.717) is 11.6 Å². The van der Waals surface area contributed by atoms with Gasteiger partial charge in [0.1, 0.15) is 0 Å². The molecule has 6 heteroatoms. The minimum absolute atomic E-state index is 0.0951. The summed E-state index contributed by atoms with van der Waals surface area (Å²) in [6, 6.07) is 0. The summed E-state index contributed by atoms with van der Waals surface area (Å²) in [6.45, 7) is 8.28. The van der Waals surface area contributed by atoms with Gasteiger partial charge in [-0.2, -0.15) is 4.37 Å². The molecule has 0 amide bonds. The molecule has 0 bridgehead atoms. The van der Waals surface area contributed by atoms with Gasteiger partial charge in [-0.1, -0.05) is 0 Å². The number of ether oxygens (including phenoxy) is 2. The van der Waals surface area contributed by atoms with E-state index >= 15 is 0 Å². The molecule has 0 aliphatic rings. The van der Waals surface area contributed by atoms with Gasteiger partial charge in [0.25, 0.3) is 0 Å².